The molecule has 0 N–H and O–H groups in total. The van der Waals surface area contributed by atoms with E-state index in [0.29, 0.717) is 51.5 Å². The van der Waals surface area contributed by atoms with Gasteiger partial charge in [0.05, 0.1) is 26.9 Å². The third-order valence-electron chi connectivity index (χ3n) is 4.98. The molecule has 3 aromatic rings. The van der Waals surface area contributed by atoms with Crippen LogP contribution < -0.4 is 23.7 Å². The van der Waals surface area contributed by atoms with Crippen molar-refractivity contribution in [1.82, 2.24) is 0 Å². The Morgan fingerprint density at radius 2 is 1.66 bits per heavy atom. The summed E-state index contributed by atoms with van der Waals surface area (Å²) in [5, 5.41) is 0.635. The number of allylic oxidation sites excluding steroid dienone is 1. The minimum Gasteiger partial charge on any atom is -0.493 e. The van der Waals surface area contributed by atoms with Crippen LogP contribution in [0.5, 0.6) is 28.7 Å². The Morgan fingerprint density at radius 1 is 0.938 bits per heavy atom. The van der Waals surface area contributed by atoms with Crippen LogP contribution >= 0.6 is 11.6 Å². The number of carbonyl (C=O) groups excluding carboxylic acids is 1. The molecule has 0 unspecified atom stereocenters. The molecule has 4 rings (SSSR count). The molecule has 0 fully saturated rings. The van der Waals surface area contributed by atoms with E-state index in [9.17, 15) is 4.79 Å². The van der Waals surface area contributed by atoms with Crippen molar-refractivity contribution in [3.8, 4) is 28.7 Å². The van der Waals surface area contributed by atoms with Gasteiger partial charge in [0.25, 0.3) is 0 Å². The average molecular weight is 453 g/mol. The van der Waals surface area contributed by atoms with Crippen molar-refractivity contribution in [3.05, 3.63) is 82.1 Å². The number of carbonyl (C=O) groups is 1. The van der Waals surface area contributed by atoms with E-state index in [0.717, 1.165) is 5.56 Å². The summed E-state index contributed by atoms with van der Waals surface area (Å²) < 4.78 is 27.8. The molecule has 0 amide bonds. The first-order valence-corrected chi connectivity index (χ1v) is 10.2. The summed E-state index contributed by atoms with van der Waals surface area (Å²) in [4.78, 5) is 12.8. The quantitative estimate of drug-likeness (QED) is 0.437. The minimum atomic E-state index is -0.216. The van der Waals surface area contributed by atoms with Crippen molar-refractivity contribution in [3.63, 3.8) is 0 Å². The van der Waals surface area contributed by atoms with E-state index in [1.54, 1.807) is 36.4 Å². The van der Waals surface area contributed by atoms with Gasteiger partial charge in [0.15, 0.2) is 17.3 Å². The van der Waals surface area contributed by atoms with E-state index in [1.807, 2.05) is 24.3 Å². The zero-order valence-corrected chi connectivity index (χ0v) is 18.6. The lowest BCUT2D eigenvalue weighted by Gasteiger charge is -2.13. The van der Waals surface area contributed by atoms with Crippen LogP contribution in [-0.2, 0) is 6.61 Å². The van der Waals surface area contributed by atoms with Crippen LogP contribution in [0.15, 0.2) is 60.4 Å². The number of ketones is 1. The van der Waals surface area contributed by atoms with E-state index >= 15 is 0 Å². The number of Topliss-reactive ketones (excluding diaryl/α,β-unsaturated/α-hetero) is 1. The second kappa shape index (κ2) is 9.24. The summed E-state index contributed by atoms with van der Waals surface area (Å²) in [5.41, 5.74) is 2.01. The van der Waals surface area contributed by atoms with Gasteiger partial charge < -0.3 is 23.7 Å². The van der Waals surface area contributed by atoms with Crippen molar-refractivity contribution >= 4 is 23.5 Å². The maximum atomic E-state index is 12.8. The molecule has 0 aromatic heterocycles. The molecule has 6 nitrogen and oxygen atoms in total. The monoisotopic (exact) mass is 452 g/mol. The Hall–Kier alpha value is -3.64. The molecule has 0 spiro atoms. The van der Waals surface area contributed by atoms with Crippen LogP contribution in [0.1, 0.15) is 21.5 Å². The molecule has 3 aromatic carbocycles. The van der Waals surface area contributed by atoms with Crippen LogP contribution in [0.4, 0.5) is 0 Å². The van der Waals surface area contributed by atoms with Crippen molar-refractivity contribution in [2.45, 2.75) is 6.61 Å². The van der Waals surface area contributed by atoms with Gasteiger partial charge in [0.1, 0.15) is 18.1 Å². The van der Waals surface area contributed by atoms with Crippen molar-refractivity contribution < 1.29 is 28.5 Å². The van der Waals surface area contributed by atoms with Crippen LogP contribution in [0.2, 0.25) is 5.02 Å². The van der Waals surface area contributed by atoms with Gasteiger partial charge in [0.2, 0.25) is 11.5 Å². The fourth-order valence-corrected chi connectivity index (χ4v) is 3.56. The summed E-state index contributed by atoms with van der Waals surface area (Å²) in [7, 11) is 4.60. The van der Waals surface area contributed by atoms with E-state index in [2.05, 4.69) is 0 Å². The standard InChI is InChI=1S/C25H21ClO6/c1-28-22-11-15(12-23(29-2)25(22)30-3)10-21-24(27)18-9-8-17(13-20(18)32-21)31-14-16-6-4-5-7-19(16)26/h4-13H,14H2,1-3H3/b21-10-. The Labute approximate surface area is 190 Å². The number of rotatable bonds is 7. The van der Waals surface area contributed by atoms with Gasteiger partial charge in [-0.05, 0) is 42.0 Å². The molecule has 0 saturated carbocycles. The second-order valence-electron chi connectivity index (χ2n) is 6.94. The van der Waals surface area contributed by atoms with Gasteiger partial charge in [-0.1, -0.05) is 29.8 Å². The molecule has 0 aliphatic carbocycles. The van der Waals surface area contributed by atoms with Crippen molar-refractivity contribution in [1.29, 1.82) is 0 Å². The highest BCUT2D eigenvalue weighted by Crippen LogP contribution is 2.40. The number of methoxy groups -OCH3 is 3. The molecule has 0 radical (unpaired) electrons. The van der Waals surface area contributed by atoms with Gasteiger partial charge in [0, 0.05) is 16.7 Å². The highest BCUT2D eigenvalue weighted by atomic mass is 35.5. The number of hydrogen-bond donors (Lipinski definition) is 0. The largest absolute Gasteiger partial charge is 0.493 e. The van der Waals surface area contributed by atoms with E-state index in [4.69, 9.17) is 35.3 Å². The Balaban J connectivity index is 1.57. The Kier molecular flexibility index (Phi) is 6.23. The van der Waals surface area contributed by atoms with Crippen LogP contribution in [0.25, 0.3) is 6.08 Å². The molecule has 1 aliphatic heterocycles. The molecule has 0 saturated heterocycles. The van der Waals surface area contributed by atoms with Crippen LogP contribution in [-0.4, -0.2) is 27.1 Å². The molecular weight excluding hydrogens is 432 g/mol. The summed E-state index contributed by atoms with van der Waals surface area (Å²) in [5.74, 6) is 2.42. The van der Waals surface area contributed by atoms with Gasteiger partial charge >= 0.3 is 0 Å². The van der Waals surface area contributed by atoms with Gasteiger partial charge in [-0.15, -0.1) is 0 Å². The lowest BCUT2D eigenvalue weighted by atomic mass is 10.1. The van der Waals surface area contributed by atoms with Gasteiger partial charge in [-0.25, -0.2) is 0 Å². The second-order valence-corrected chi connectivity index (χ2v) is 7.34. The smallest absolute Gasteiger partial charge is 0.231 e. The predicted molar refractivity (Wildman–Crippen MR) is 121 cm³/mol. The van der Waals surface area contributed by atoms with E-state index in [-0.39, 0.29) is 11.5 Å². The molecule has 164 valence electrons. The molecule has 1 aliphatic rings. The lowest BCUT2D eigenvalue weighted by Crippen LogP contribution is -1.99. The first-order chi connectivity index (χ1) is 15.5. The van der Waals surface area contributed by atoms with E-state index in [1.165, 1.54) is 21.3 Å². The molecule has 0 bridgehead atoms. The molecular formula is C25H21ClO6. The highest BCUT2D eigenvalue weighted by molar-refractivity contribution is 6.31. The predicted octanol–water partition coefficient (Wildman–Crippen LogP) is 5.56. The third-order valence-corrected chi connectivity index (χ3v) is 5.35. The van der Waals surface area contributed by atoms with Gasteiger partial charge in [-0.3, -0.25) is 4.79 Å². The van der Waals surface area contributed by atoms with Gasteiger partial charge in [-0.2, -0.15) is 0 Å². The number of hydrogen-bond acceptors (Lipinski definition) is 6. The summed E-state index contributed by atoms with van der Waals surface area (Å²) in [6.45, 7) is 0.306. The van der Waals surface area contributed by atoms with Crippen LogP contribution in [0, 0.1) is 0 Å². The topological polar surface area (TPSA) is 63.2 Å². The molecule has 0 atom stereocenters. The fourth-order valence-electron chi connectivity index (χ4n) is 3.37. The SMILES string of the molecule is COc1cc(/C=C2\Oc3cc(OCc4ccccc4Cl)ccc3C2=O)cc(OC)c1OC. The van der Waals surface area contributed by atoms with Crippen molar-refractivity contribution in [2.75, 3.05) is 21.3 Å². The number of halogens is 1. The maximum absolute atomic E-state index is 12.8. The molecule has 32 heavy (non-hydrogen) atoms. The van der Waals surface area contributed by atoms with Crippen LogP contribution in [0.3, 0.4) is 0 Å². The Bertz CT molecular complexity index is 1180. The zero-order chi connectivity index (χ0) is 22.7. The summed E-state index contributed by atoms with van der Waals surface area (Å²) in [6.07, 6.45) is 1.64. The first kappa shape index (κ1) is 21.6. The maximum Gasteiger partial charge on any atom is 0.231 e. The van der Waals surface area contributed by atoms with Crippen molar-refractivity contribution in [2.24, 2.45) is 0 Å². The summed E-state index contributed by atoms with van der Waals surface area (Å²) in [6, 6.07) is 16.1. The van der Waals surface area contributed by atoms with E-state index < -0.39 is 0 Å². The number of ether oxygens (including phenoxy) is 5. The normalized spacial score (nSPS) is 13.5. The summed E-state index contributed by atoms with van der Waals surface area (Å²) >= 11 is 6.18. The lowest BCUT2D eigenvalue weighted by molar-refractivity contribution is 0.101. The Morgan fingerprint density at radius 3 is 2.31 bits per heavy atom. The zero-order valence-electron chi connectivity index (χ0n) is 17.8. The number of fused-ring (bicyclic) bond motifs is 1. The molecule has 7 heteroatoms. The highest BCUT2D eigenvalue weighted by Gasteiger charge is 2.28. The fraction of sp³-hybridized carbons (Fsp3) is 0.160. The number of benzene rings is 3. The molecule has 1 heterocycles. The minimum absolute atomic E-state index is 0.192. The average Bonchev–Trinajstić information content (AvgIpc) is 3.12. The third kappa shape index (κ3) is 4.22. The first-order valence-electron chi connectivity index (χ1n) is 9.78.